The first-order valence-electron chi connectivity index (χ1n) is 8.74. The summed E-state index contributed by atoms with van der Waals surface area (Å²) in [6.45, 7) is 13.0. The molecule has 0 aliphatic heterocycles. The maximum Gasteiger partial charge on any atom is 0.156 e. The molecule has 0 heterocycles. The van der Waals surface area contributed by atoms with Crippen LogP contribution in [0.1, 0.15) is 69.7 Å². The third-order valence-corrected chi connectivity index (χ3v) is 5.53. The van der Waals surface area contributed by atoms with Crippen LogP contribution in [0, 0.1) is 6.92 Å². The van der Waals surface area contributed by atoms with Gasteiger partial charge in [0, 0.05) is 6.42 Å². The highest BCUT2D eigenvalue weighted by atomic mass is 16.2. The predicted octanol–water partition coefficient (Wildman–Crippen LogP) is 5.47. The summed E-state index contributed by atoms with van der Waals surface area (Å²) in [7, 11) is 0. The molecule has 2 heteroatoms. The third kappa shape index (κ3) is 3.63. The number of Topliss-reactive ketones (excluding diaryl/α,β-unsaturated/α-hetero) is 1. The molecule has 0 saturated carbocycles. The Morgan fingerprint density at radius 2 is 1.67 bits per heavy atom. The Balaban J connectivity index is 2.53. The normalized spacial score (nSPS) is 19.3. The number of aryl methyl sites for hydroxylation is 1. The summed E-state index contributed by atoms with van der Waals surface area (Å²) in [6.07, 6.45) is 7.17. The van der Waals surface area contributed by atoms with Gasteiger partial charge in [-0.15, -0.1) is 0 Å². The number of aliphatic hydroxyl groups excluding tert-OH is 1. The molecule has 0 bridgehead atoms. The van der Waals surface area contributed by atoms with Gasteiger partial charge in [0.25, 0.3) is 0 Å². The molecule has 1 N–H and O–H groups in total. The van der Waals surface area contributed by atoms with E-state index in [9.17, 15) is 4.79 Å². The molecule has 2 nitrogen and oxygen atoms in total. The second kappa shape index (κ2) is 6.58. The molecule has 24 heavy (non-hydrogen) atoms. The van der Waals surface area contributed by atoms with Gasteiger partial charge in [-0.1, -0.05) is 45.9 Å². The lowest BCUT2D eigenvalue weighted by Gasteiger charge is -2.42. The van der Waals surface area contributed by atoms with Crippen LogP contribution >= 0.6 is 0 Å². The maximum absolute atomic E-state index is 11.9. The van der Waals surface area contributed by atoms with E-state index in [0.717, 1.165) is 11.8 Å². The zero-order valence-corrected chi connectivity index (χ0v) is 15.9. The lowest BCUT2D eigenvalue weighted by Crippen LogP contribution is -2.34. The molecule has 0 aromatic heterocycles. The number of ketones is 1. The summed E-state index contributed by atoms with van der Waals surface area (Å²) in [5.74, 6) is 0.0461. The van der Waals surface area contributed by atoms with Crippen LogP contribution in [-0.2, 0) is 22.0 Å². The van der Waals surface area contributed by atoms with Crippen molar-refractivity contribution in [1.82, 2.24) is 0 Å². The summed E-state index contributed by atoms with van der Waals surface area (Å²) >= 11 is 0. The first-order chi connectivity index (χ1) is 11.1. The van der Waals surface area contributed by atoms with Crippen molar-refractivity contribution < 1.29 is 9.90 Å². The highest BCUT2D eigenvalue weighted by Gasteiger charge is 2.37. The van der Waals surface area contributed by atoms with Gasteiger partial charge in [0.15, 0.2) is 5.78 Å². The number of aliphatic hydroxyl groups is 1. The molecule has 0 fully saturated rings. The van der Waals surface area contributed by atoms with Crippen LogP contribution in [0.15, 0.2) is 36.1 Å². The Labute approximate surface area is 146 Å². The molecule has 2 rings (SSSR count). The topological polar surface area (TPSA) is 37.3 Å². The molecular weight excluding hydrogens is 296 g/mol. The lowest BCUT2D eigenvalue weighted by molar-refractivity contribution is -0.113. The third-order valence-electron chi connectivity index (χ3n) is 5.53. The highest BCUT2D eigenvalue weighted by Crippen LogP contribution is 2.46. The van der Waals surface area contributed by atoms with E-state index in [2.05, 4.69) is 46.8 Å². The first-order valence-corrected chi connectivity index (χ1v) is 8.74. The second-order valence-electron chi connectivity index (χ2n) is 8.36. The van der Waals surface area contributed by atoms with Crippen molar-refractivity contribution >= 4 is 5.78 Å². The number of allylic oxidation sites excluding steroid dienone is 3. The SMILES string of the molecule is CC(=O)/C(=C\C=C/O)Cc1cc2c(cc1C)C(C)(C)CCC2(C)C. The molecular formula is C22H30O2. The molecule has 0 amide bonds. The van der Waals surface area contributed by atoms with Crippen molar-refractivity contribution in [2.45, 2.75) is 71.6 Å². The fourth-order valence-electron chi connectivity index (χ4n) is 3.62. The van der Waals surface area contributed by atoms with E-state index in [-0.39, 0.29) is 16.6 Å². The number of carbonyl (C=O) groups excluding carboxylic acids is 1. The molecule has 0 radical (unpaired) electrons. The van der Waals surface area contributed by atoms with E-state index >= 15 is 0 Å². The molecule has 130 valence electrons. The van der Waals surface area contributed by atoms with Crippen molar-refractivity contribution in [2.75, 3.05) is 0 Å². The van der Waals surface area contributed by atoms with E-state index in [0.29, 0.717) is 6.42 Å². The van der Waals surface area contributed by atoms with Crippen LogP contribution in [0.25, 0.3) is 0 Å². The summed E-state index contributed by atoms with van der Waals surface area (Å²) in [5, 5.41) is 8.87. The van der Waals surface area contributed by atoms with Gasteiger partial charge < -0.3 is 5.11 Å². The van der Waals surface area contributed by atoms with Gasteiger partial charge in [-0.05, 0) is 71.4 Å². The van der Waals surface area contributed by atoms with Gasteiger partial charge in [-0.2, -0.15) is 0 Å². The fourth-order valence-corrected chi connectivity index (χ4v) is 3.62. The Morgan fingerprint density at radius 3 is 2.17 bits per heavy atom. The molecule has 1 aliphatic carbocycles. The Morgan fingerprint density at radius 1 is 1.12 bits per heavy atom. The monoisotopic (exact) mass is 326 g/mol. The van der Waals surface area contributed by atoms with Crippen LogP contribution < -0.4 is 0 Å². The Kier molecular flexibility index (Phi) is 5.08. The Bertz CT molecular complexity index is 703. The average molecular weight is 326 g/mol. The van der Waals surface area contributed by atoms with Crippen molar-refractivity contribution in [3.8, 4) is 0 Å². The number of fused-ring (bicyclic) bond motifs is 1. The quantitative estimate of drug-likeness (QED) is 0.452. The van der Waals surface area contributed by atoms with E-state index in [1.165, 1.54) is 41.2 Å². The van der Waals surface area contributed by atoms with Gasteiger partial charge in [-0.3, -0.25) is 4.79 Å². The highest BCUT2D eigenvalue weighted by molar-refractivity contribution is 5.94. The minimum absolute atomic E-state index is 0.0461. The van der Waals surface area contributed by atoms with Gasteiger partial charge >= 0.3 is 0 Å². The van der Waals surface area contributed by atoms with E-state index in [1.807, 2.05) is 0 Å². The smallest absolute Gasteiger partial charge is 0.156 e. The van der Waals surface area contributed by atoms with E-state index < -0.39 is 0 Å². The number of carbonyl (C=O) groups is 1. The molecule has 1 aliphatic rings. The van der Waals surface area contributed by atoms with Crippen LogP contribution in [0.3, 0.4) is 0 Å². The van der Waals surface area contributed by atoms with Crippen LogP contribution in [0.5, 0.6) is 0 Å². The van der Waals surface area contributed by atoms with E-state index in [4.69, 9.17) is 5.11 Å². The van der Waals surface area contributed by atoms with Crippen molar-refractivity contribution in [3.05, 3.63) is 58.4 Å². The van der Waals surface area contributed by atoms with Crippen LogP contribution in [0.2, 0.25) is 0 Å². The van der Waals surface area contributed by atoms with Crippen LogP contribution in [0.4, 0.5) is 0 Å². The Hall–Kier alpha value is -1.83. The average Bonchev–Trinajstić information content (AvgIpc) is 2.49. The number of benzene rings is 1. The minimum Gasteiger partial charge on any atom is -0.516 e. The standard InChI is InChI=1S/C22H30O2/c1-15-12-19-20(22(5,6)10-9-21(19,3)4)14-18(15)13-17(16(2)24)8-7-11-23/h7-8,11-12,14,23H,9-10,13H2,1-6H3/b11-7-,17-8-. The zero-order valence-electron chi connectivity index (χ0n) is 15.9. The lowest BCUT2D eigenvalue weighted by atomic mass is 9.62. The molecule has 1 aromatic rings. The molecule has 0 unspecified atom stereocenters. The molecule has 1 aromatic carbocycles. The summed E-state index contributed by atoms with van der Waals surface area (Å²) in [6, 6.07) is 4.64. The largest absolute Gasteiger partial charge is 0.516 e. The number of rotatable bonds is 4. The number of hydrogen-bond acceptors (Lipinski definition) is 2. The summed E-state index contributed by atoms with van der Waals surface area (Å²) < 4.78 is 0. The minimum atomic E-state index is 0.0461. The van der Waals surface area contributed by atoms with Crippen molar-refractivity contribution in [3.63, 3.8) is 0 Å². The molecule has 0 saturated heterocycles. The summed E-state index contributed by atoms with van der Waals surface area (Å²) in [5.41, 5.74) is 6.39. The molecule has 0 spiro atoms. The maximum atomic E-state index is 11.9. The molecule has 0 atom stereocenters. The zero-order chi connectivity index (χ0) is 18.1. The van der Waals surface area contributed by atoms with Gasteiger partial charge in [-0.25, -0.2) is 0 Å². The van der Waals surface area contributed by atoms with Crippen molar-refractivity contribution in [2.24, 2.45) is 0 Å². The summed E-state index contributed by atoms with van der Waals surface area (Å²) in [4.78, 5) is 11.9. The van der Waals surface area contributed by atoms with Gasteiger partial charge in [0.05, 0.1) is 6.26 Å². The number of hydrogen-bond donors (Lipinski definition) is 1. The fraction of sp³-hybridized carbons (Fsp3) is 0.500. The van der Waals surface area contributed by atoms with Crippen LogP contribution in [-0.4, -0.2) is 10.9 Å². The van der Waals surface area contributed by atoms with Crippen molar-refractivity contribution in [1.29, 1.82) is 0 Å². The van der Waals surface area contributed by atoms with Gasteiger partial charge in [0.2, 0.25) is 0 Å². The van der Waals surface area contributed by atoms with Gasteiger partial charge in [0.1, 0.15) is 0 Å². The second-order valence-corrected chi connectivity index (χ2v) is 8.36. The first kappa shape index (κ1) is 18.5. The van der Waals surface area contributed by atoms with E-state index in [1.54, 1.807) is 13.0 Å². The predicted molar refractivity (Wildman–Crippen MR) is 101 cm³/mol.